The second-order valence-corrected chi connectivity index (χ2v) is 7.53. The maximum Gasteiger partial charge on any atom is 0.308 e. The van der Waals surface area contributed by atoms with Crippen LogP contribution in [-0.4, -0.2) is 25.5 Å². The van der Waals surface area contributed by atoms with Crippen LogP contribution >= 0.6 is 11.3 Å². The molecule has 1 aromatic rings. The number of carbonyl (C=O) groups is 1. The summed E-state index contributed by atoms with van der Waals surface area (Å²) < 4.78 is 26.8. The summed E-state index contributed by atoms with van der Waals surface area (Å²) in [5, 5.41) is 8.64. The molecule has 5 nitrogen and oxygen atoms in total. The van der Waals surface area contributed by atoms with Crippen LogP contribution in [0.15, 0.2) is 16.3 Å². The quantitative estimate of drug-likeness (QED) is 0.830. The third-order valence-electron chi connectivity index (χ3n) is 2.98. The predicted octanol–water partition coefficient (Wildman–Crippen LogP) is 1.45. The maximum atomic E-state index is 12.0. The van der Waals surface area contributed by atoms with Gasteiger partial charge in [-0.25, -0.2) is 13.1 Å². The van der Waals surface area contributed by atoms with Gasteiger partial charge in [0.15, 0.2) is 0 Å². The van der Waals surface area contributed by atoms with Crippen molar-refractivity contribution in [3.05, 3.63) is 17.0 Å². The summed E-state index contributed by atoms with van der Waals surface area (Å²) in [5.41, 5.74) is 0. The molecule has 1 aliphatic rings. The molecule has 0 amide bonds. The molecule has 0 aliphatic heterocycles. The lowest BCUT2D eigenvalue weighted by molar-refractivity contribution is -0.136. The van der Waals surface area contributed by atoms with Crippen LogP contribution in [0.3, 0.4) is 0 Å². The van der Waals surface area contributed by atoms with E-state index in [1.165, 1.54) is 6.07 Å². The third-order valence-corrected chi connectivity index (χ3v) is 6.05. The summed E-state index contributed by atoms with van der Waals surface area (Å²) in [6.45, 7) is 2.04. The van der Waals surface area contributed by atoms with Gasteiger partial charge < -0.3 is 5.11 Å². The van der Waals surface area contributed by atoms with Crippen molar-refractivity contribution < 1.29 is 18.3 Å². The number of sulfonamides is 1. The molecule has 2 unspecified atom stereocenters. The van der Waals surface area contributed by atoms with Gasteiger partial charge in [-0.15, -0.1) is 11.3 Å². The number of nitrogens with one attached hydrogen (secondary N) is 1. The Bertz CT molecular complexity index is 549. The Morgan fingerprint density at radius 3 is 2.83 bits per heavy atom. The van der Waals surface area contributed by atoms with Crippen LogP contribution in [0.4, 0.5) is 0 Å². The van der Waals surface area contributed by atoms with Crippen LogP contribution in [0.25, 0.3) is 0 Å². The number of thiophene rings is 1. The summed E-state index contributed by atoms with van der Waals surface area (Å²) >= 11 is 1.02. The highest BCUT2D eigenvalue weighted by Crippen LogP contribution is 2.35. The van der Waals surface area contributed by atoms with Crippen molar-refractivity contribution in [2.75, 3.05) is 0 Å². The highest BCUT2D eigenvalue weighted by molar-refractivity contribution is 7.91. The average molecular weight is 289 g/mol. The lowest BCUT2D eigenvalue weighted by Crippen LogP contribution is -2.26. The van der Waals surface area contributed by atoms with Crippen molar-refractivity contribution in [2.24, 2.45) is 5.92 Å². The van der Waals surface area contributed by atoms with E-state index in [-0.39, 0.29) is 16.7 Å². The highest BCUT2D eigenvalue weighted by atomic mass is 32.2. The van der Waals surface area contributed by atoms with Crippen molar-refractivity contribution in [1.29, 1.82) is 0 Å². The van der Waals surface area contributed by atoms with Crippen molar-refractivity contribution in [2.45, 2.75) is 36.4 Å². The predicted molar refractivity (Wildman–Crippen MR) is 68.2 cm³/mol. The summed E-state index contributed by atoms with van der Waals surface area (Å²) in [6.07, 6.45) is 1.73. The molecule has 1 saturated carbocycles. The highest BCUT2D eigenvalue weighted by Gasteiger charge is 2.38. The Morgan fingerprint density at radius 2 is 2.28 bits per heavy atom. The zero-order valence-corrected chi connectivity index (χ0v) is 11.6. The minimum Gasteiger partial charge on any atom is -0.481 e. The van der Waals surface area contributed by atoms with E-state index < -0.39 is 16.0 Å². The number of carboxylic acids is 1. The largest absolute Gasteiger partial charge is 0.481 e. The number of hydrogen-bond acceptors (Lipinski definition) is 4. The topological polar surface area (TPSA) is 83.5 Å². The molecule has 18 heavy (non-hydrogen) atoms. The number of carboxylic acid groups (broad SMARTS) is 1. The van der Waals surface area contributed by atoms with Gasteiger partial charge in [0.25, 0.3) is 0 Å². The smallest absolute Gasteiger partial charge is 0.308 e. The molecular weight excluding hydrogens is 274 g/mol. The fourth-order valence-corrected chi connectivity index (χ4v) is 4.53. The molecule has 100 valence electrons. The van der Waals surface area contributed by atoms with Crippen LogP contribution in [0.5, 0.6) is 0 Å². The molecule has 0 bridgehead atoms. The molecule has 0 aromatic carbocycles. The second-order valence-electron chi connectivity index (χ2n) is 4.42. The Hall–Kier alpha value is -0.920. The summed E-state index contributed by atoms with van der Waals surface area (Å²) in [5.74, 6) is -0.514. The molecule has 1 fully saturated rings. The zero-order valence-electron chi connectivity index (χ0n) is 9.92. The SMILES string of the molecule is CCC1CC1NS(=O)(=O)c1ccc(CC(=O)O)s1. The molecule has 0 spiro atoms. The van der Waals surface area contributed by atoms with Gasteiger partial charge in [-0.05, 0) is 24.5 Å². The summed E-state index contributed by atoms with van der Waals surface area (Å²) in [7, 11) is -3.48. The summed E-state index contributed by atoms with van der Waals surface area (Å²) in [4.78, 5) is 11.1. The summed E-state index contributed by atoms with van der Waals surface area (Å²) in [6, 6.07) is 3.07. The Labute approximate surface area is 110 Å². The van der Waals surface area contributed by atoms with E-state index in [0.29, 0.717) is 10.8 Å². The molecule has 1 aromatic heterocycles. The van der Waals surface area contributed by atoms with E-state index in [4.69, 9.17) is 5.11 Å². The van der Waals surface area contributed by atoms with E-state index in [2.05, 4.69) is 4.72 Å². The Kier molecular flexibility index (Phi) is 3.74. The van der Waals surface area contributed by atoms with Gasteiger partial charge in [0, 0.05) is 10.9 Å². The Morgan fingerprint density at radius 1 is 1.56 bits per heavy atom. The molecule has 0 radical (unpaired) electrons. The normalized spacial score (nSPS) is 22.9. The lowest BCUT2D eigenvalue weighted by atomic mass is 10.3. The minimum absolute atomic E-state index is 0.0463. The fourth-order valence-electron chi connectivity index (χ4n) is 1.85. The first-order valence-corrected chi connectivity index (χ1v) is 8.05. The number of hydrogen-bond donors (Lipinski definition) is 2. The van der Waals surface area contributed by atoms with E-state index >= 15 is 0 Å². The maximum absolute atomic E-state index is 12.0. The zero-order chi connectivity index (χ0) is 13.3. The second kappa shape index (κ2) is 4.99. The van der Waals surface area contributed by atoms with Gasteiger partial charge in [-0.3, -0.25) is 4.79 Å². The Balaban J connectivity index is 2.05. The molecule has 1 heterocycles. The van der Waals surface area contributed by atoms with Crippen LogP contribution in [0.2, 0.25) is 0 Å². The van der Waals surface area contributed by atoms with E-state index in [0.717, 1.165) is 24.2 Å². The first-order chi connectivity index (χ1) is 8.42. The first-order valence-electron chi connectivity index (χ1n) is 5.75. The molecule has 1 aliphatic carbocycles. The molecular formula is C11H15NO4S2. The first kappa shape index (κ1) is 13.5. The van der Waals surface area contributed by atoms with Crippen LogP contribution < -0.4 is 4.72 Å². The van der Waals surface area contributed by atoms with E-state index in [9.17, 15) is 13.2 Å². The molecule has 2 rings (SSSR count). The third kappa shape index (κ3) is 3.09. The fraction of sp³-hybridized carbons (Fsp3) is 0.545. The van der Waals surface area contributed by atoms with E-state index in [1.807, 2.05) is 6.92 Å². The molecule has 7 heteroatoms. The van der Waals surface area contributed by atoms with E-state index in [1.54, 1.807) is 6.07 Å². The number of aliphatic carboxylic acids is 1. The van der Waals surface area contributed by atoms with Crippen LogP contribution in [0, 0.1) is 5.92 Å². The van der Waals surface area contributed by atoms with Crippen molar-refractivity contribution in [3.63, 3.8) is 0 Å². The molecule has 2 N–H and O–H groups in total. The van der Waals surface area contributed by atoms with Gasteiger partial charge >= 0.3 is 5.97 Å². The van der Waals surface area contributed by atoms with Crippen molar-refractivity contribution in [3.8, 4) is 0 Å². The molecule has 0 saturated heterocycles. The van der Waals surface area contributed by atoms with Crippen molar-refractivity contribution in [1.82, 2.24) is 4.72 Å². The standard InChI is InChI=1S/C11H15NO4S2/c1-2-7-5-9(7)12-18(15,16)11-4-3-8(17-11)6-10(13)14/h3-4,7,9,12H,2,5-6H2,1H3,(H,13,14). The van der Waals surface area contributed by atoms with Gasteiger partial charge in [0.2, 0.25) is 10.0 Å². The van der Waals surface area contributed by atoms with Gasteiger partial charge in [-0.2, -0.15) is 0 Å². The van der Waals surface area contributed by atoms with Gasteiger partial charge in [0.1, 0.15) is 4.21 Å². The van der Waals surface area contributed by atoms with Gasteiger partial charge in [-0.1, -0.05) is 13.3 Å². The average Bonchev–Trinajstić information content (AvgIpc) is 2.81. The van der Waals surface area contributed by atoms with Crippen LogP contribution in [0.1, 0.15) is 24.6 Å². The monoisotopic (exact) mass is 289 g/mol. The van der Waals surface area contributed by atoms with Crippen molar-refractivity contribution >= 4 is 27.3 Å². The lowest BCUT2D eigenvalue weighted by Gasteiger charge is -2.02. The van der Waals surface area contributed by atoms with Crippen LogP contribution in [-0.2, 0) is 21.2 Å². The molecule has 2 atom stereocenters. The number of rotatable bonds is 6. The minimum atomic E-state index is -3.48. The van der Waals surface area contributed by atoms with Gasteiger partial charge in [0.05, 0.1) is 6.42 Å².